The first-order valence-electron chi connectivity index (χ1n) is 8.82. The van der Waals surface area contributed by atoms with Crippen LogP contribution in [0.5, 0.6) is 0 Å². The van der Waals surface area contributed by atoms with Crippen LogP contribution < -0.4 is 5.32 Å². The molecule has 1 amide bonds. The van der Waals surface area contributed by atoms with E-state index in [1.807, 2.05) is 27.7 Å². The maximum Gasteiger partial charge on any atom is 0.319 e. The fraction of sp³-hybridized carbons (Fsp3) is 0.579. The van der Waals surface area contributed by atoms with Gasteiger partial charge in [-0.05, 0) is 30.9 Å². The monoisotopic (exact) mass is 403 g/mol. The Bertz CT molecular complexity index is 639. The molecule has 0 saturated heterocycles. The van der Waals surface area contributed by atoms with Crippen molar-refractivity contribution in [2.75, 3.05) is 11.9 Å². The summed E-state index contributed by atoms with van der Waals surface area (Å²) in [5.41, 5.74) is 0.0626. The van der Waals surface area contributed by atoms with Gasteiger partial charge in [0.25, 0.3) is 0 Å². The molecule has 0 fully saturated rings. The number of hydrogen-bond acceptors (Lipinski definition) is 4. The number of carbonyl (C=O) groups is 2. The first kappa shape index (κ1) is 22.8. The summed E-state index contributed by atoms with van der Waals surface area (Å²) in [7, 11) is 0. The lowest BCUT2D eigenvalue weighted by molar-refractivity contribution is -0.144. The van der Waals surface area contributed by atoms with E-state index < -0.39 is 11.1 Å². The highest BCUT2D eigenvalue weighted by atomic mass is 35.5. The fourth-order valence-electron chi connectivity index (χ4n) is 1.95. The van der Waals surface area contributed by atoms with Crippen molar-refractivity contribution in [2.45, 2.75) is 57.6 Å². The zero-order chi connectivity index (χ0) is 19.9. The van der Waals surface area contributed by atoms with Crippen LogP contribution in [0.2, 0.25) is 5.02 Å². The molecule has 0 heterocycles. The Morgan fingerprint density at radius 1 is 1.23 bits per heavy atom. The number of anilines is 1. The average molecular weight is 404 g/mol. The molecule has 0 saturated carbocycles. The van der Waals surface area contributed by atoms with Gasteiger partial charge in [0, 0.05) is 10.8 Å². The lowest BCUT2D eigenvalue weighted by atomic mass is 10.1. The smallest absolute Gasteiger partial charge is 0.319 e. The SMILES string of the molecule is CCC(C)C(=O)Nc1cc(SC(CC)C(=O)OCC(C)C)c(Cl)cc1F. The summed E-state index contributed by atoms with van der Waals surface area (Å²) in [6.45, 7) is 9.81. The van der Waals surface area contributed by atoms with E-state index >= 15 is 0 Å². The van der Waals surface area contributed by atoms with Crippen LogP contribution in [0, 0.1) is 17.7 Å². The molecule has 0 aliphatic carbocycles. The first-order valence-corrected chi connectivity index (χ1v) is 10.1. The molecule has 4 nitrogen and oxygen atoms in total. The highest BCUT2D eigenvalue weighted by Gasteiger charge is 2.23. The summed E-state index contributed by atoms with van der Waals surface area (Å²) in [4.78, 5) is 24.8. The Balaban J connectivity index is 2.95. The van der Waals surface area contributed by atoms with Crippen molar-refractivity contribution in [2.24, 2.45) is 11.8 Å². The molecule has 0 aliphatic rings. The molecule has 26 heavy (non-hydrogen) atoms. The third-order valence-electron chi connectivity index (χ3n) is 3.80. The molecular weight excluding hydrogens is 377 g/mol. The molecule has 146 valence electrons. The van der Waals surface area contributed by atoms with Crippen molar-refractivity contribution < 1.29 is 18.7 Å². The molecule has 7 heteroatoms. The van der Waals surface area contributed by atoms with Crippen LogP contribution >= 0.6 is 23.4 Å². The standard InChI is InChI=1S/C19H27ClFNO3S/c1-6-12(5)18(23)22-15-9-17(13(20)8-14(15)21)26-16(7-2)19(24)25-10-11(3)4/h8-9,11-12,16H,6-7,10H2,1-5H3,(H,22,23). The molecule has 2 atom stereocenters. The second kappa shape index (κ2) is 10.8. The van der Waals surface area contributed by atoms with E-state index in [9.17, 15) is 14.0 Å². The van der Waals surface area contributed by atoms with E-state index in [1.54, 1.807) is 6.92 Å². The van der Waals surface area contributed by atoms with Gasteiger partial charge in [-0.2, -0.15) is 0 Å². The van der Waals surface area contributed by atoms with Gasteiger partial charge < -0.3 is 10.1 Å². The molecule has 0 spiro atoms. The van der Waals surface area contributed by atoms with Gasteiger partial charge in [0.1, 0.15) is 11.1 Å². The van der Waals surface area contributed by atoms with E-state index in [0.717, 1.165) is 6.07 Å². The van der Waals surface area contributed by atoms with E-state index in [2.05, 4.69) is 5.32 Å². The quantitative estimate of drug-likeness (QED) is 0.434. The van der Waals surface area contributed by atoms with Crippen LogP contribution in [-0.2, 0) is 14.3 Å². The predicted molar refractivity (Wildman–Crippen MR) is 105 cm³/mol. The van der Waals surface area contributed by atoms with Crippen molar-refractivity contribution in [3.05, 3.63) is 23.0 Å². The number of hydrogen-bond donors (Lipinski definition) is 1. The van der Waals surface area contributed by atoms with E-state index in [0.29, 0.717) is 24.3 Å². The molecule has 1 aromatic rings. The summed E-state index contributed by atoms with van der Waals surface area (Å²) >= 11 is 7.35. The van der Waals surface area contributed by atoms with Crippen LogP contribution in [0.25, 0.3) is 0 Å². The Kier molecular flexibility index (Phi) is 9.44. The van der Waals surface area contributed by atoms with Crippen molar-refractivity contribution in [1.29, 1.82) is 0 Å². The fourth-order valence-corrected chi connectivity index (χ4v) is 3.23. The van der Waals surface area contributed by atoms with E-state index in [1.165, 1.54) is 17.8 Å². The maximum atomic E-state index is 14.1. The number of amides is 1. The van der Waals surface area contributed by atoms with Crippen LogP contribution in [0.4, 0.5) is 10.1 Å². The van der Waals surface area contributed by atoms with Crippen molar-refractivity contribution in [3.63, 3.8) is 0 Å². The summed E-state index contributed by atoms with van der Waals surface area (Å²) in [6, 6.07) is 2.63. The highest BCUT2D eigenvalue weighted by molar-refractivity contribution is 8.00. The topological polar surface area (TPSA) is 55.4 Å². The minimum absolute atomic E-state index is 0.0626. The third-order valence-corrected chi connectivity index (χ3v) is 5.63. The van der Waals surface area contributed by atoms with Gasteiger partial charge in [0.2, 0.25) is 5.91 Å². The lowest BCUT2D eigenvalue weighted by Crippen LogP contribution is -2.22. The number of rotatable bonds is 9. The van der Waals surface area contributed by atoms with Crippen LogP contribution in [0.1, 0.15) is 47.5 Å². The molecule has 1 N–H and O–H groups in total. The van der Waals surface area contributed by atoms with Gasteiger partial charge in [0.15, 0.2) is 0 Å². The minimum Gasteiger partial charge on any atom is -0.465 e. The summed E-state index contributed by atoms with van der Waals surface area (Å²) in [5.74, 6) is -1.16. The highest BCUT2D eigenvalue weighted by Crippen LogP contribution is 2.36. The van der Waals surface area contributed by atoms with Crippen molar-refractivity contribution in [1.82, 2.24) is 0 Å². The number of carbonyl (C=O) groups excluding carboxylic acids is 2. The Labute approximate surface area is 164 Å². The number of benzene rings is 1. The number of ether oxygens (including phenoxy) is 1. The van der Waals surface area contributed by atoms with Crippen molar-refractivity contribution >= 4 is 40.9 Å². The molecule has 0 radical (unpaired) electrons. The van der Waals surface area contributed by atoms with E-state index in [-0.39, 0.29) is 34.4 Å². The van der Waals surface area contributed by atoms with Gasteiger partial charge in [-0.1, -0.05) is 46.2 Å². The normalized spacial score (nSPS) is 13.4. The zero-order valence-electron chi connectivity index (χ0n) is 15.9. The van der Waals surface area contributed by atoms with Gasteiger partial charge in [-0.15, -0.1) is 11.8 Å². The van der Waals surface area contributed by atoms with Crippen LogP contribution in [-0.4, -0.2) is 23.7 Å². The Hall–Kier alpha value is -1.27. The van der Waals surface area contributed by atoms with Crippen molar-refractivity contribution in [3.8, 4) is 0 Å². The third kappa shape index (κ3) is 6.80. The Morgan fingerprint density at radius 3 is 2.42 bits per heavy atom. The molecule has 1 rings (SSSR count). The van der Waals surface area contributed by atoms with Gasteiger partial charge in [0.05, 0.1) is 17.3 Å². The molecular formula is C19H27ClFNO3S. The summed E-state index contributed by atoms with van der Waals surface area (Å²) in [5, 5.41) is 2.34. The van der Waals surface area contributed by atoms with Gasteiger partial charge in [-0.3, -0.25) is 9.59 Å². The van der Waals surface area contributed by atoms with Gasteiger partial charge in [-0.25, -0.2) is 4.39 Å². The number of nitrogens with one attached hydrogen (secondary N) is 1. The number of halogens is 2. The largest absolute Gasteiger partial charge is 0.465 e. The molecule has 0 aromatic heterocycles. The molecule has 0 aliphatic heterocycles. The Morgan fingerprint density at radius 2 is 1.88 bits per heavy atom. The second-order valence-electron chi connectivity index (χ2n) is 6.60. The summed E-state index contributed by atoms with van der Waals surface area (Å²) in [6.07, 6.45) is 1.20. The zero-order valence-corrected chi connectivity index (χ0v) is 17.5. The second-order valence-corrected chi connectivity index (χ2v) is 8.25. The number of esters is 1. The minimum atomic E-state index is -0.605. The van der Waals surface area contributed by atoms with E-state index in [4.69, 9.17) is 16.3 Å². The van der Waals surface area contributed by atoms with Crippen LogP contribution in [0.15, 0.2) is 17.0 Å². The number of thioether (sulfide) groups is 1. The average Bonchev–Trinajstić information content (AvgIpc) is 2.59. The molecule has 0 bridgehead atoms. The summed E-state index contributed by atoms with van der Waals surface area (Å²) < 4.78 is 19.4. The maximum absolute atomic E-state index is 14.1. The van der Waals surface area contributed by atoms with Gasteiger partial charge >= 0.3 is 5.97 Å². The predicted octanol–water partition coefficient (Wildman–Crippen LogP) is 5.53. The lowest BCUT2D eigenvalue weighted by Gasteiger charge is -2.17. The first-order chi connectivity index (χ1) is 12.2. The molecule has 2 unspecified atom stereocenters. The van der Waals surface area contributed by atoms with Crippen LogP contribution in [0.3, 0.4) is 0 Å². The molecule has 1 aromatic carbocycles.